The number of amides is 2. The van der Waals surface area contributed by atoms with Crippen LogP contribution in [0.15, 0.2) is 24.3 Å². The number of ether oxygens (including phenoxy) is 1. The molecule has 2 amide bonds. The molecular weight excluding hydrogens is 366 g/mol. The van der Waals surface area contributed by atoms with Crippen molar-refractivity contribution < 1.29 is 14.3 Å². The number of piperidine rings is 1. The van der Waals surface area contributed by atoms with E-state index >= 15 is 0 Å². The number of benzene rings is 1. The summed E-state index contributed by atoms with van der Waals surface area (Å²) >= 11 is 0. The zero-order chi connectivity index (χ0) is 20.4. The van der Waals surface area contributed by atoms with Gasteiger partial charge in [0.05, 0.1) is 12.6 Å². The first-order valence-electron chi connectivity index (χ1n) is 10.8. The van der Waals surface area contributed by atoms with Gasteiger partial charge in [0, 0.05) is 51.1 Å². The van der Waals surface area contributed by atoms with Crippen LogP contribution in [0, 0.1) is 5.92 Å². The third kappa shape index (κ3) is 4.11. The number of nitrogens with zero attached hydrogens (tertiary/aromatic N) is 3. The number of rotatable bonds is 5. The van der Waals surface area contributed by atoms with E-state index < -0.39 is 0 Å². The Labute approximate surface area is 172 Å². The molecule has 4 rings (SSSR count). The molecule has 2 aliphatic rings. The van der Waals surface area contributed by atoms with Crippen LogP contribution in [0.5, 0.6) is 5.75 Å². The molecule has 1 aromatic carbocycles. The van der Waals surface area contributed by atoms with E-state index in [1.807, 2.05) is 45.7 Å². The largest absolute Gasteiger partial charge is 0.497 e. The first-order chi connectivity index (χ1) is 14.1. The van der Waals surface area contributed by atoms with E-state index in [1.165, 1.54) is 0 Å². The standard InChI is InChI=1S/C23H31N3O3/c1-24-20-16-19(29-2)7-6-18(20)15-21(24)23(28)26-13-9-17(10-14-26)5-8-22(27)25-11-3-4-12-25/h6-7,15-17H,3-5,8-14H2,1-2H3. The lowest BCUT2D eigenvalue weighted by molar-refractivity contribution is -0.130. The minimum Gasteiger partial charge on any atom is -0.497 e. The van der Waals surface area contributed by atoms with Gasteiger partial charge in [0.2, 0.25) is 5.91 Å². The molecule has 2 aliphatic heterocycles. The third-order valence-electron chi connectivity index (χ3n) is 6.60. The molecular formula is C23H31N3O3. The van der Waals surface area contributed by atoms with E-state index in [1.54, 1.807) is 7.11 Å². The van der Waals surface area contributed by atoms with Gasteiger partial charge in [0.1, 0.15) is 11.4 Å². The number of carbonyl (C=O) groups excluding carboxylic acids is 2. The summed E-state index contributed by atoms with van der Waals surface area (Å²) in [6.07, 6.45) is 5.86. The van der Waals surface area contributed by atoms with Crippen molar-refractivity contribution in [3.63, 3.8) is 0 Å². The van der Waals surface area contributed by atoms with Gasteiger partial charge in [-0.25, -0.2) is 0 Å². The maximum atomic E-state index is 13.1. The fraction of sp³-hybridized carbons (Fsp3) is 0.565. The van der Waals surface area contributed by atoms with E-state index in [9.17, 15) is 9.59 Å². The molecule has 2 aromatic rings. The van der Waals surface area contributed by atoms with Crippen molar-refractivity contribution in [1.82, 2.24) is 14.4 Å². The highest BCUT2D eigenvalue weighted by Crippen LogP contribution is 2.27. The van der Waals surface area contributed by atoms with Crippen molar-refractivity contribution in [2.75, 3.05) is 33.3 Å². The molecule has 29 heavy (non-hydrogen) atoms. The number of methoxy groups -OCH3 is 1. The van der Waals surface area contributed by atoms with Crippen LogP contribution in [-0.4, -0.2) is 59.5 Å². The maximum Gasteiger partial charge on any atom is 0.270 e. The fourth-order valence-electron chi connectivity index (χ4n) is 4.68. The van der Waals surface area contributed by atoms with Gasteiger partial charge in [0.25, 0.3) is 5.91 Å². The molecule has 6 nitrogen and oxygen atoms in total. The van der Waals surface area contributed by atoms with Gasteiger partial charge in [-0.05, 0) is 56.2 Å². The number of fused-ring (bicyclic) bond motifs is 1. The van der Waals surface area contributed by atoms with Gasteiger partial charge >= 0.3 is 0 Å². The van der Waals surface area contributed by atoms with Crippen LogP contribution in [0.3, 0.4) is 0 Å². The molecule has 6 heteroatoms. The van der Waals surface area contributed by atoms with Crippen molar-refractivity contribution in [3.8, 4) is 5.75 Å². The molecule has 2 fully saturated rings. The van der Waals surface area contributed by atoms with E-state index in [-0.39, 0.29) is 5.91 Å². The molecule has 1 aromatic heterocycles. The summed E-state index contributed by atoms with van der Waals surface area (Å²) < 4.78 is 7.27. The first-order valence-corrected chi connectivity index (χ1v) is 10.8. The SMILES string of the molecule is COc1ccc2cc(C(=O)N3CCC(CCC(=O)N4CCCC4)CC3)n(C)c2c1. The first kappa shape index (κ1) is 19.8. The van der Waals surface area contributed by atoms with Crippen molar-refractivity contribution in [2.45, 2.75) is 38.5 Å². The van der Waals surface area contributed by atoms with Gasteiger partial charge in [-0.2, -0.15) is 0 Å². The Morgan fingerprint density at radius 3 is 2.45 bits per heavy atom. The Hall–Kier alpha value is -2.50. The van der Waals surface area contributed by atoms with Gasteiger partial charge < -0.3 is 19.1 Å². The summed E-state index contributed by atoms with van der Waals surface area (Å²) in [6, 6.07) is 7.85. The lowest BCUT2D eigenvalue weighted by Gasteiger charge is -2.32. The molecule has 0 N–H and O–H groups in total. The van der Waals surface area contributed by atoms with Crippen LogP contribution in [0.25, 0.3) is 10.9 Å². The maximum absolute atomic E-state index is 13.1. The van der Waals surface area contributed by atoms with E-state index in [0.717, 1.165) is 80.6 Å². The van der Waals surface area contributed by atoms with Crippen LogP contribution < -0.4 is 4.74 Å². The van der Waals surface area contributed by atoms with Gasteiger partial charge in [-0.15, -0.1) is 0 Å². The zero-order valence-electron chi connectivity index (χ0n) is 17.5. The topological polar surface area (TPSA) is 54.8 Å². The molecule has 0 saturated carbocycles. The van der Waals surface area contributed by atoms with Gasteiger partial charge in [0.15, 0.2) is 0 Å². The molecule has 3 heterocycles. The highest BCUT2D eigenvalue weighted by atomic mass is 16.5. The summed E-state index contributed by atoms with van der Waals surface area (Å²) in [7, 11) is 3.59. The summed E-state index contributed by atoms with van der Waals surface area (Å²) in [5.74, 6) is 1.74. The monoisotopic (exact) mass is 397 g/mol. The molecule has 2 saturated heterocycles. The second-order valence-electron chi connectivity index (χ2n) is 8.38. The lowest BCUT2D eigenvalue weighted by atomic mass is 9.92. The number of aryl methyl sites for hydroxylation is 1. The summed E-state index contributed by atoms with van der Waals surface area (Å²) in [6.45, 7) is 3.41. The molecule has 0 atom stereocenters. The highest BCUT2D eigenvalue weighted by Gasteiger charge is 2.27. The summed E-state index contributed by atoms with van der Waals surface area (Å²) in [5.41, 5.74) is 1.72. The fourth-order valence-corrected chi connectivity index (χ4v) is 4.68. The predicted octanol–water partition coefficient (Wildman–Crippen LogP) is 3.44. The lowest BCUT2D eigenvalue weighted by Crippen LogP contribution is -2.39. The zero-order valence-corrected chi connectivity index (χ0v) is 17.5. The minimum atomic E-state index is 0.0919. The number of hydrogen-bond donors (Lipinski definition) is 0. The van der Waals surface area contributed by atoms with Gasteiger partial charge in [-0.3, -0.25) is 9.59 Å². The minimum absolute atomic E-state index is 0.0919. The molecule has 0 radical (unpaired) electrons. The quantitative estimate of drug-likeness (QED) is 0.777. The molecule has 0 spiro atoms. The van der Waals surface area contributed by atoms with Crippen LogP contribution in [0.4, 0.5) is 0 Å². The Morgan fingerprint density at radius 1 is 1.03 bits per heavy atom. The average Bonchev–Trinajstić information content (AvgIpc) is 3.40. The van der Waals surface area contributed by atoms with Crippen molar-refractivity contribution >= 4 is 22.7 Å². The van der Waals surface area contributed by atoms with Crippen LogP contribution >= 0.6 is 0 Å². The smallest absolute Gasteiger partial charge is 0.270 e. The van der Waals surface area contributed by atoms with Crippen LogP contribution in [0.1, 0.15) is 49.0 Å². The molecule has 0 aliphatic carbocycles. The van der Waals surface area contributed by atoms with Crippen LogP contribution in [0.2, 0.25) is 0 Å². The summed E-state index contributed by atoms with van der Waals surface area (Å²) in [5, 5.41) is 1.05. The number of likely N-dealkylation sites (tertiary alicyclic amines) is 2. The second kappa shape index (κ2) is 8.47. The van der Waals surface area contributed by atoms with Crippen LogP contribution in [-0.2, 0) is 11.8 Å². The van der Waals surface area contributed by atoms with E-state index in [2.05, 4.69) is 0 Å². The molecule has 156 valence electrons. The Balaban J connectivity index is 1.33. The average molecular weight is 398 g/mol. The third-order valence-corrected chi connectivity index (χ3v) is 6.60. The van der Waals surface area contributed by atoms with E-state index in [4.69, 9.17) is 4.74 Å². The Morgan fingerprint density at radius 2 is 1.76 bits per heavy atom. The van der Waals surface area contributed by atoms with Crippen molar-refractivity contribution in [1.29, 1.82) is 0 Å². The van der Waals surface area contributed by atoms with E-state index in [0.29, 0.717) is 18.2 Å². The van der Waals surface area contributed by atoms with Crippen molar-refractivity contribution in [3.05, 3.63) is 30.0 Å². The highest BCUT2D eigenvalue weighted by molar-refractivity contribution is 5.99. The number of hydrogen-bond acceptors (Lipinski definition) is 3. The Kier molecular flexibility index (Phi) is 5.79. The second-order valence-corrected chi connectivity index (χ2v) is 8.38. The Bertz CT molecular complexity index is 890. The number of carbonyl (C=O) groups is 2. The molecule has 0 unspecified atom stereocenters. The number of aromatic nitrogens is 1. The van der Waals surface area contributed by atoms with Gasteiger partial charge in [-0.1, -0.05) is 0 Å². The molecule has 0 bridgehead atoms. The van der Waals surface area contributed by atoms with Crippen molar-refractivity contribution in [2.24, 2.45) is 13.0 Å². The predicted molar refractivity (Wildman–Crippen MR) is 113 cm³/mol. The summed E-state index contributed by atoms with van der Waals surface area (Å²) in [4.78, 5) is 29.3. The normalized spacial score (nSPS) is 17.9.